The predicted octanol–water partition coefficient (Wildman–Crippen LogP) is 1.40. The molecule has 9 heteroatoms. The van der Waals surface area contributed by atoms with E-state index in [0.29, 0.717) is 10.7 Å². The second-order valence-electron chi connectivity index (χ2n) is 4.33. The highest BCUT2D eigenvalue weighted by Gasteiger charge is 2.17. The van der Waals surface area contributed by atoms with E-state index in [0.717, 1.165) is 6.26 Å². The van der Waals surface area contributed by atoms with Gasteiger partial charge in [-0.2, -0.15) is 5.26 Å². The number of benzene rings is 1. The second-order valence-corrected chi connectivity index (χ2v) is 6.87. The Bertz CT molecular complexity index is 914. The largest absolute Gasteiger partial charge is 0.300 e. The normalized spacial score (nSPS) is 11.0. The fourth-order valence-electron chi connectivity index (χ4n) is 1.83. The van der Waals surface area contributed by atoms with E-state index in [1.807, 2.05) is 6.07 Å². The van der Waals surface area contributed by atoms with Crippen molar-refractivity contribution in [3.63, 3.8) is 0 Å². The molecule has 1 heterocycles. The fourth-order valence-corrected chi connectivity index (χ4v) is 2.78. The van der Waals surface area contributed by atoms with Crippen LogP contribution in [-0.4, -0.2) is 30.9 Å². The van der Waals surface area contributed by atoms with Gasteiger partial charge in [0.25, 0.3) is 5.56 Å². The number of thioether (sulfide) groups is 1. The minimum absolute atomic E-state index is 0.141. The van der Waals surface area contributed by atoms with Gasteiger partial charge in [0.05, 0.1) is 17.6 Å². The van der Waals surface area contributed by atoms with Crippen molar-refractivity contribution in [3.8, 4) is 17.3 Å². The first-order valence-electron chi connectivity index (χ1n) is 6.01. The van der Waals surface area contributed by atoms with Crippen molar-refractivity contribution in [3.05, 3.63) is 40.2 Å². The Hall–Kier alpha value is -2.31. The lowest BCUT2D eigenvalue weighted by Crippen LogP contribution is -2.16. The summed E-state index contributed by atoms with van der Waals surface area (Å²) in [5.74, 6) is 0. The van der Waals surface area contributed by atoms with E-state index in [4.69, 9.17) is 0 Å². The van der Waals surface area contributed by atoms with Crippen LogP contribution in [0.5, 0.6) is 0 Å². The molecule has 1 aromatic heterocycles. The fraction of sp³-hybridized carbons (Fsp3) is 0.154. The molecular formula is C13H12N4O3S2. The molecule has 0 aliphatic heterocycles. The molecule has 0 amide bonds. The molecular weight excluding hydrogens is 324 g/mol. The van der Waals surface area contributed by atoms with Crippen molar-refractivity contribution >= 4 is 27.5 Å². The molecule has 0 radical (unpaired) electrons. The summed E-state index contributed by atoms with van der Waals surface area (Å²) >= 11 is 1.22. The lowest BCUT2D eigenvalue weighted by atomic mass is 10.1. The number of para-hydroxylation sites is 1. The van der Waals surface area contributed by atoms with Gasteiger partial charge < -0.3 is 4.98 Å². The van der Waals surface area contributed by atoms with Crippen LogP contribution in [0.25, 0.3) is 11.3 Å². The smallest absolute Gasteiger partial charge is 0.270 e. The van der Waals surface area contributed by atoms with E-state index < -0.39 is 15.6 Å². The van der Waals surface area contributed by atoms with Crippen molar-refractivity contribution in [2.24, 2.45) is 0 Å². The number of nitriles is 1. The SMILES string of the molecule is CSc1nc(-c2ccccc2NS(C)(=O)=O)c(C#N)c(=O)[nH]1. The molecule has 114 valence electrons. The standard InChI is InChI=1S/C13H12N4O3S2/c1-21-13-15-11(9(7-14)12(18)16-13)8-5-3-4-6-10(8)17-22(2,19)20/h3-6,17H,1-2H3,(H,15,16,18). The van der Waals surface area contributed by atoms with E-state index in [-0.39, 0.29) is 16.9 Å². The number of nitrogens with zero attached hydrogens (tertiary/aromatic N) is 2. The lowest BCUT2D eigenvalue weighted by molar-refractivity contribution is 0.607. The minimum atomic E-state index is -3.50. The third-order valence-corrected chi connectivity index (χ3v) is 3.85. The number of hydrogen-bond donors (Lipinski definition) is 2. The summed E-state index contributed by atoms with van der Waals surface area (Å²) in [7, 11) is -3.50. The van der Waals surface area contributed by atoms with E-state index in [1.54, 1.807) is 30.5 Å². The molecule has 7 nitrogen and oxygen atoms in total. The molecule has 0 unspecified atom stereocenters. The van der Waals surface area contributed by atoms with Crippen LogP contribution >= 0.6 is 11.8 Å². The Morgan fingerprint density at radius 3 is 2.64 bits per heavy atom. The average Bonchev–Trinajstić information content (AvgIpc) is 2.45. The summed E-state index contributed by atoms with van der Waals surface area (Å²) in [6, 6.07) is 8.27. The van der Waals surface area contributed by atoms with Gasteiger partial charge in [-0.1, -0.05) is 30.0 Å². The molecule has 0 atom stereocenters. The maximum absolute atomic E-state index is 12.0. The Balaban J connectivity index is 2.75. The number of hydrogen-bond acceptors (Lipinski definition) is 6. The summed E-state index contributed by atoms with van der Waals surface area (Å²) in [6.45, 7) is 0. The highest BCUT2D eigenvalue weighted by Crippen LogP contribution is 2.29. The lowest BCUT2D eigenvalue weighted by Gasteiger charge is -2.11. The van der Waals surface area contributed by atoms with Crippen LogP contribution in [0.15, 0.2) is 34.2 Å². The first-order valence-corrected chi connectivity index (χ1v) is 9.13. The molecule has 0 aliphatic carbocycles. The zero-order valence-electron chi connectivity index (χ0n) is 11.7. The van der Waals surface area contributed by atoms with E-state index in [1.165, 1.54) is 11.8 Å². The third kappa shape index (κ3) is 3.47. The first kappa shape index (κ1) is 16.1. The molecule has 0 saturated carbocycles. The molecule has 0 aliphatic rings. The molecule has 1 aromatic carbocycles. The maximum atomic E-state index is 12.0. The number of H-pyrrole nitrogens is 1. The number of aromatic nitrogens is 2. The minimum Gasteiger partial charge on any atom is -0.300 e. The van der Waals surface area contributed by atoms with Gasteiger partial charge in [-0.05, 0) is 12.3 Å². The molecule has 0 saturated heterocycles. The molecule has 2 rings (SSSR count). The molecule has 22 heavy (non-hydrogen) atoms. The van der Waals surface area contributed by atoms with Gasteiger partial charge in [0.15, 0.2) is 5.16 Å². The summed E-state index contributed by atoms with van der Waals surface area (Å²) in [5, 5.41) is 9.53. The first-order chi connectivity index (χ1) is 10.4. The summed E-state index contributed by atoms with van der Waals surface area (Å²) in [6.07, 6.45) is 2.75. The zero-order chi connectivity index (χ0) is 16.3. The molecule has 0 spiro atoms. The van der Waals surface area contributed by atoms with Gasteiger partial charge in [0.1, 0.15) is 11.6 Å². The predicted molar refractivity (Wildman–Crippen MR) is 85.3 cm³/mol. The van der Waals surface area contributed by atoms with E-state index >= 15 is 0 Å². The van der Waals surface area contributed by atoms with Gasteiger partial charge in [-0.25, -0.2) is 13.4 Å². The Labute approximate surface area is 131 Å². The van der Waals surface area contributed by atoms with Crippen LogP contribution in [0.4, 0.5) is 5.69 Å². The maximum Gasteiger partial charge on any atom is 0.270 e. The van der Waals surface area contributed by atoms with Crippen molar-refractivity contribution in [2.75, 3.05) is 17.2 Å². The number of rotatable bonds is 4. The van der Waals surface area contributed by atoms with Crippen molar-refractivity contribution in [1.29, 1.82) is 5.26 Å². The van der Waals surface area contributed by atoms with Gasteiger partial charge in [-0.15, -0.1) is 0 Å². The summed E-state index contributed by atoms with van der Waals surface area (Å²) < 4.78 is 25.3. The van der Waals surface area contributed by atoms with Gasteiger partial charge in [-0.3, -0.25) is 9.52 Å². The zero-order valence-corrected chi connectivity index (χ0v) is 13.4. The van der Waals surface area contributed by atoms with Gasteiger partial charge in [0.2, 0.25) is 10.0 Å². The van der Waals surface area contributed by atoms with Crippen molar-refractivity contribution < 1.29 is 8.42 Å². The Kier molecular flexibility index (Phi) is 4.54. The molecule has 0 bridgehead atoms. The topological polar surface area (TPSA) is 116 Å². The second kappa shape index (κ2) is 6.21. The van der Waals surface area contributed by atoms with Crippen LogP contribution in [-0.2, 0) is 10.0 Å². The molecule has 2 N–H and O–H groups in total. The Morgan fingerprint density at radius 1 is 1.36 bits per heavy atom. The van der Waals surface area contributed by atoms with Crippen molar-refractivity contribution in [1.82, 2.24) is 9.97 Å². The number of anilines is 1. The van der Waals surface area contributed by atoms with Crippen molar-refractivity contribution in [2.45, 2.75) is 5.16 Å². The molecule has 0 fully saturated rings. The summed E-state index contributed by atoms with van der Waals surface area (Å²) in [4.78, 5) is 18.7. The average molecular weight is 336 g/mol. The Morgan fingerprint density at radius 2 is 2.05 bits per heavy atom. The van der Waals surface area contributed by atoms with Crippen LogP contribution in [0.1, 0.15) is 5.56 Å². The van der Waals surface area contributed by atoms with E-state index in [9.17, 15) is 18.5 Å². The van der Waals surface area contributed by atoms with Crippen LogP contribution in [0, 0.1) is 11.3 Å². The van der Waals surface area contributed by atoms with Gasteiger partial charge in [0, 0.05) is 5.56 Å². The molecule has 2 aromatic rings. The van der Waals surface area contributed by atoms with Crippen LogP contribution < -0.4 is 10.3 Å². The number of aromatic amines is 1. The number of sulfonamides is 1. The van der Waals surface area contributed by atoms with Crippen LogP contribution in [0.2, 0.25) is 0 Å². The third-order valence-electron chi connectivity index (χ3n) is 2.68. The summed E-state index contributed by atoms with van der Waals surface area (Å²) in [5.41, 5.74) is 0.0337. The quantitative estimate of drug-likeness (QED) is 0.644. The highest BCUT2D eigenvalue weighted by atomic mass is 32.2. The monoisotopic (exact) mass is 336 g/mol. The van der Waals surface area contributed by atoms with Crippen LogP contribution in [0.3, 0.4) is 0 Å². The van der Waals surface area contributed by atoms with E-state index in [2.05, 4.69) is 14.7 Å². The number of nitrogens with one attached hydrogen (secondary N) is 2. The highest BCUT2D eigenvalue weighted by molar-refractivity contribution is 7.98. The van der Waals surface area contributed by atoms with Gasteiger partial charge >= 0.3 is 0 Å².